The molecule has 12 aromatic rings. The van der Waals surface area contributed by atoms with Crippen molar-refractivity contribution in [2.24, 2.45) is 0 Å². The Hall–Kier alpha value is -7.99. The van der Waals surface area contributed by atoms with Crippen molar-refractivity contribution in [2.45, 2.75) is 0 Å². The lowest BCUT2D eigenvalue weighted by molar-refractivity contribution is 1.07. The number of benzene rings is 9. The van der Waals surface area contributed by atoms with E-state index in [0.29, 0.717) is 33.9 Å². The fourth-order valence-electron chi connectivity index (χ4n) is 8.15. The van der Waals surface area contributed by atoms with E-state index in [1.807, 2.05) is 109 Å². The first kappa shape index (κ1) is 25.6. The van der Waals surface area contributed by atoms with E-state index >= 15 is 0 Å². The zero-order valence-electron chi connectivity index (χ0n) is 44.6. The molecule has 9 aromatic carbocycles. The topological polar surface area (TPSA) is 43.6 Å². The average molecular weight is 821 g/mol. The molecule has 12 rings (SSSR count). The molecule has 0 aliphatic heterocycles. The van der Waals surface area contributed by atoms with Crippen molar-refractivity contribution in [1.29, 1.82) is 0 Å². The van der Waals surface area contributed by atoms with Gasteiger partial charge < -0.3 is 4.57 Å². The van der Waals surface area contributed by atoms with Gasteiger partial charge in [0.2, 0.25) is 0 Å². The number of hydrogen-bond donors (Lipinski definition) is 0. The molecule has 0 radical (unpaired) electrons. The van der Waals surface area contributed by atoms with Crippen LogP contribution in [0.15, 0.2) is 218 Å². The summed E-state index contributed by atoms with van der Waals surface area (Å²) in [4.78, 5) is 15.6. The SMILES string of the molecule is [2H]c1c([2H])c([2H])c(-c2c([2H])c([2H])c3c(c2[2H])c2c([2H])c([2H])c([2H])c([2H])c2n3-c2cccc(-c3cccc(-c4ccccc4)c3)c2-c2nc(-c3ccccc3)nc(-c3ccc4c(c3)sc3ccccc34)n2)c([2H])c1[2H]. The van der Waals surface area contributed by atoms with Crippen LogP contribution in [0.2, 0.25) is 0 Å². The van der Waals surface area contributed by atoms with Gasteiger partial charge in [0.25, 0.3) is 0 Å². The highest BCUT2D eigenvalue weighted by molar-refractivity contribution is 7.25. The third-order valence-electron chi connectivity index (χ3n) is 11.0. The van der Waals surface area contributed by atoms with E-state index in [9.17, 15) is 6.85 Å². The molecule has 4 nitrogen and oxygen atoms in total. The van der Waals surface area contributed by atoms with Gasteiger partial charge in [0.05, 0.1) is 38.7 Å². The van der Waals surface area contributed by atoms with E-state index in [4.69, 9.17) is 24.5 Å². The van der Waals surface area contributed by atoms with Gasteiger partial charge >= 0.3 is 0 Å². The molecule has 0 saturated heterocycles. The van der Waals surface area contributed by atoms with Crippen molar-refractivity contribution in [3.63, 3.8) is 0 Å². The monoisotopic (exact) mass is 820 g/mol. The van der Waals surface area contributed by atoms with Crippen LogP contribution in [0.1, 0.15) is 16.4 Å². The zero-order chi connectivity index (χ0) is 51.4. The summed E-state index contributed by atoms with van der Waals surface area (Å²) in [7, 11) is 0. The molecular formula is C57H36N4S. The highest BCUT2D eigenvalue weighted by Crippen LogP contribution is 2.43. The molecule has 62 heavy (non-hydrogen) atoms. The molecule has 5 heteroatoms. The molecule has 0 fully saturated rings. The van der Waals surface area contributed by atoms with Gasteiger partial charge in [-0.2, -0.15) is 0 Å². The minimum absolute atomic E-state index is 0.130. The van der Waals surface area contributed by atoms with Crippen LogP contribution in [-0.2, 0) is 0 Å². The lowest BCUT2D eigenvalue weighted by Crippen LogP contribution is -2.05. The Morgan fingerprint density at radius 2 is 1.05 bits per heavy atom. The van der Waals surface area contributed by atoms with Crippen LogP contribution in [0.5, 0.6) is 0 Å². The molecule has 3 aromatic heterocycles. The van der Waals surface area contributed by atoms with Crippen molar-refractivity contribution >= 4 is 53.3 Å². The van der Waals surface area contributed by atoms with Gasteiger partial charge in [0.15, 0.2) is 17.5 Å². The van der Waals surface area contributed by atoms with Gasteiger partial charge in [0, 0.05) is 42.1 Å². The van der Waals surface area contributed by atoms with Gasteiger partial charge in [-0.15, -0.1) is 11.3 Å². The molecule has 0 N–H and O–H groups in total. The fourth-order valence-corrected chi connectivity index (χ4v) is 9.30. The highest BCUT2D eigenvalue weighted by atomic mass is 32.1. The predicted molar refractivity (Wildman–Crippen MR) is 260 cm³/mol. The van der Waals surface area contributed by atoms with Crippen LogP contribution in [0.3, 0.4) is 0 Å². The largest absolute Gasteiger partial charge is 0.308 e. The third kappa shape index (κ3) is 6.18. The maximum Gasteiger partial charge on any atom is 0.166 e. The molecule has 0 saturated carbocycles. The number of hydrogen-bond acceptors (Lipinski definition) is 4. The minimum atomic E-state index is -0.705. The summed E-state index contributed by atoms with van der Waals surface area (Å²) in [6.45, 7) is 0. The molecule has 0 aliphatic carbocycles. The van der Waals surface area contributed by atoms with E-state index in [0.717, 1.165) is 36.9 Å². The first-order chi connectivity index (χ1) is 35.7. The Labute approximate surface area is 379 Å². The second-order valence-electron chi connectivity index (χ2n) is 14.7. The Balaban J connectivity index is 1.23. The number of aromatic nitrogens is 4. The van der Waals surface area contributed by atoms with Gasteiger partial charge in [-0.25, -0.2) is 15.0 Å². The zero-order valence-corrected chi connectivity index (χ0v) is 33.4. The maximum atomic E-state index is 9.85. The summed E-state index contributed by atoms with van der Waals surface area (Å²) in [6, 6.07) is 39.3. The van der Waals surface area contributed by atoms with Crippen LogP contribution >= 0.6 is 11.3 Å². The van der Waals surface area contributed by atoms with Crippen LogP contribution in [0, 0.1) is 0 Å². The van der Waals surface area contributed by atoms with E-state index in [1.165, 1.54) is 4.57 Å². The van der Waals surface area contributed by atoms with E-state index in [1.54, 1.807) is 23.5 Å². The first-order valence-corrected chi connectivity index (χ1v) is 20.7. The molecule has 290 valence electrons. The van der Waals surface area contributed by atoms with Crippen LogP contribution < -0.4 is 0 Å². The molecule has 0 atom stereocenters. The Morgan fingerprint density at radius 1 is 0.387 bits per heavy atom. The summed E-state index contributed by atoms with van der Waals surface area (Å²) >= 11 is 1.65. The lowest BCUT2D eigenvalue weighted by Gasteiger charge is -2.19. The Kier molecular flexibility index (Phi) is 6.16. The third-order valence-corrected chi connectivity index (χ3v) is 12.1. The number of nitrogens with zero attached hydrogens (tertiary/aromatic N) is 4. The van der Waals surface area contributed by atoms with Crippen molar-refractivity contribution in [2.75, 3.05) is 0 Å². The number of rotatable bonds is 7. The Bertz CT molecular complexity index is 4320. The Morgan fingerprint density at radius 3 is 1.90 bits per heavy atom. The lowest BCUT2D eigenvalue weighted by atomic mass is 9.94. The molecule has 0 unspecified atom stereocenters. The maximum absolute atomic E-state index is 9.85. The van der Waals surface area contributed by atoms with E-state index in [2.05, 4.69) is 24.3 Å². The number of para-hydroxylation sites is 1. The highest BCUT2D eigenvalue weighted by Gasteiger charge is 2.23. The van der Waals surface area contributed by atoms with Gasteiger partial charge in [0.1, 0.15) is 0 Å². The molecular weight excluding hydrogens is 773 g/mol. The van der Waals surface area contributed by atoms with Crippen molar-refractivity contribution in [3.05, 3.63) is 218 Å². The van der Waals surface area contributed by atoms with Crippen molar-refractivity contribution < 1.29 is 16.4 Å². The van der Waals surface area contributed by atoms with E-state index < -0.39 is 83.6 Å². The van der Waals surface area contributed by atoms with Gasteiger partial charge in [-0.3, -0.25) is 0 Å². The van der Waals surface area contributed by atoms with Crippen molar-refractivity contribution in [1.82, 2.24) is 19.5 Å². The molecule has 0 bridgehead atoms. The molecule has 0 amide bonds. The number of thiophene rings is 1. The van der Waals surface area contributed by atoms with Crippen LogP contribution in [0.25, 0.3) is 115 Å². The summed E-state index contributed by atoms with van der Waals surface area (Å²) in [6.07, 6.45) is 0. The van der Waals surface area contributed by atoms with Gasteiger partial charge in [-0.1, -0.05) is 176 Å². The smallest absolute Gasteiger partial charge is 0.166 e. The predicted octanol–water partition coefficient (Wildman–Crippen LogP) is 15.3. The summed E-state index contributed by atoms with van der Waals surface area (Å²) in [5, 5.41) is 1.85. The molecule has 3 heterocycles. The van der Waals surface area contributed by atoms with E-state index in [-0.39, 0.29) is 33.3 Å². The molecule has 0 aliphatic rings. The standard InChI is InChI=1S/C57H36N4S/c1-4-16-37(17-5-1)40-22-14-23-42(34-40)44-26-15-28-51(61-49-27-12-10-24-45(49)48-35-41(31-33-50(48)61)38-18-6-2-7-19-38)54(44)57-59-55(39-20-8-3-9-21-39)58-56(60-57)43-30-32-47-46-25-11-13-29-52(46)62-53(47)36-43/h1-36H/i2D,6D,7D,10D,12D,18D,19D,24D,27D,31D,33D,35D. The normalized spacial score (nSPS) is 14.3. The quantitative estimate of drug-likeness (QED) is 0.161. The van der Waals surface area contributed by atoms with Crippen LogP contribution in [-0.4, -0.2) is 19.5 Å². The molecule has 0 spiro atoms. The summed E-state index contributed by atoms with van der Waals surface area (Å²) in [5.41, 5.74) is 3.92. The summed E-state index contributed by atoms with van der Waals surface area (Å²) in [5.74, 6) is 0.829. The number of fused-ring (bicyclic) bond motifs is 6. The first-order valence-electron chi connectivity index (χ1n) is 25.9. The van der Waals surface area contributed by atoms with Gasteiger partial charge in [-0.05, 0) is 75.8 Å². The van der Waals surface area contributed by atoms with Crippen molar-refractivity contribution in [3.8, 4) is 73.2 Å². The second-order valence-corrected chi connectivity index (χ2v) is 15.7. The fraction of sp³-hybridized carbons (Fsp3) is 0. The second kappa shape index (κ2) is 14.9. The van der Waals surface area contributed by atoms with Crippen LogP contribution in [0.4, 0.5) is 0 Å². The minimum Gasteiger partial charge on any atom is -0.308 e. The summed E-state index contributed by atoms with van der Waals surface area (Å²) < 4.78 is 113. The average Bonchev–Trinajstić information content (AvgIpc) is 4.02.